The number of methoxy groups -OCH3 is 1. The zero-order valence-corrected chi connectivity index (χ0v) is 8.90. The number of carbonyl (C=O) groups is 1. The van der Waals surface area contributed by atoms with Crippen molar-refractivity contribution in [1.82, 2.24) is 4.90 Å². The molecule has 0 spiro atoms. The lowest BCUT2D eigenvalue weighted by Crippen LogP contribution is -2.50. The minimum Gasteiger partial charge on any atom is -0.480 e. The first-order valence-electron chi connectivity index (χ1n) is 5.14. The highest BCUT2D eigenvalue weighted by Crippen LogP contribution is 2.19. The Hall–Kier alpha value is -0.610. The van der Waals surface area contributed by atoms with Crippen molar-refractivity contribution in [2.24, 2.45) is 0 Å². The molecule has 0 saturated carbocycles. The van der Waals surface area contributed by atoms with Crippen LogP contribution in [0.3, 0.4) is 0 Å². The molecule has 1 aliphatic heterocycles. The minimum atomic E-state index is -0.743. The maximum atomic E-state index is 10.9. The van der Waals surface area contributed by atoms with Crippen molar-refractivity contribution < 1.29 is 14.6 Å². The molecule has 0 aromatic carbocycles. The van der Waals surface area contributed by atoms with Gasteiger partial charge in [-0.05, 0) is 26.3 Å². The van der Waals surface area contributed by atoms with Crippen LogP contribution in [-0.4, -0.2) is 48.3 Å². The number of piperidine rings is 1. The fourth-order valence-corrected chi connectivity index (χ4v) is 2.05. The lowest BCUT2D eigenvalue weighted by molar-refractivity contribution is -0.144. The number of hydrogen-bond donors (Lipinski definition) is 1. The number of aliphatic carboxylic acids is 1. The molecule has 0 amide bonds. The molecule has 1 fully saturated rings. The molecule has 0 aliphatic carbocycles. The highest BCUT2D eigenvalue weighted by atomic mass is 16.5. The van der Waals surface area contributed by atoms with Crippen LogP contribution in [0.4, 0.5) is 0 Å². The van der Waals surface area contributed by atoms with Crippen LogP contribution in [0.1, 0.15) is 26.2 Å². The van der Waals surface area contributed by atoms with Gasteiger partial charge in [0.25, 0.3) is 0 Å². The van der Waals surface area contributed by atoms with E-state index in [9.17, 15) is 4.79 Å². The Morgan fingerprint density at radius 3 is 2.93 bits per heavy atom. The quantitative estimate of drug-likeness (QED) is 0.736. The summed E-state index contributed by atoms with van der Waals surface area (Å²) in [4.78, 5) is 12.9. The highest BCUT2D eigenvalue weighted by Gasteiger charge is 2.29. The SMILES string of the molecule is COCC1CCCCN1C(C)C(=O)O. The van der Waals surface area contributed by atoms with Crippen molar-refractivity contribution in [3.8, 4) is 0 Å². The number of ether oxygens (including phenoxy) is 1. The molecule has 2 unspecified atom stereocenters. The minimum absolute atomic E-state index is 0.278. The number of likely N-dealkylation sites (tertiary alicyclic amines) is 1. The summed E-state index contributed by atoms with van der Waals surface area (Å²) in [7, 11) is 1.66. The summed E-state index contributed by atoms with van der Waals surface area (Å²) in [6.07, 6.45) is 3.32. The number of carboxylic acids is 1. The lowest BCUT2D eigenvalue weighted by atomic mass is 10.0. The first-order valence-corrected chi connectivity index (χ1v) is 5.14. The van der Waals surface area contributed by atoms with Gasteiger partial charge in [-0.1, -0.05) is 6.42 Å². The highest BCUT2D eigenvalue weighted by molar-refractivity contribution is 5.72. The predicted octanol–water partition coefficient (Wildman–Crippen LogP) is 0.960. The smallest absolute Gasteiger partial charge is 0.320 e. The summed E-state index contributed by atoms with van der Waals surface area (Å²) < 4.78 is 5.11. The van der Waals surface area contributed by atoms with E-state index in [2.05, 4.69) is 0 Å². The molecule has 4 heteroatoms. The molecule has 1 rings (SSSR count). The molecule has 1 aliphatic rings. The van der Waals surface area contributed by atoms with E-state index in [4.69, 9.17) is 9.84 Å². The van der Waals surface area contributed by atoms with E-state index in [1.807, 2.05) is 4.90 Å². The lowest BCUT2D eigenvalue weighted by Gasteiger charge is -2.37. The molecule has 14 heavy (non-hydrogen) atoms. The average molecular weight is 201 g/mol. The molecule has 0 aromatic rings. The van der Waals surface area contributed by atoms with E-state index < -0.39 is 12.0 Å². The summed E-state index contributed by atoms with van der Waals surface area (Å²) in [5.74, 6) is -0.743. The number of hydrogen-bond acceptors (Lipinski definition) is 3. The van der Waals surface area contributed by atoms with Crippen molar-refractivity contribution in [1.29, 1.82) is 0 Å². The molecule has 1 N–H and O–H groups in total. The van der Waals surface area contributed by atoms with E-state index >= 15 is 0 Å². The molecule has 1 heterocycles. The average Bonchev–Trinajstić information content (AvgIpc) is 2.18. The Balaban J connectivity index is 2.57. The Morgan fingerprint density at radius 2 is 2.36 bits per heavy atom. The van der Waals surface area contributed by atoms with Crippen LogP contribution < -0.4 is 0 Å². The number of carboxylic acid groups (broad SMARTS) is 1. The van der Waals surface area contributed by atoms with Crippen LogP contribution in [-0.2, 0) is 9.53 Å². The zero-order valence-electron chi connectivity index (χ0n) is 8.90. The van der Waals surface area contributed by atoms with Crippen LogP contribution >= 0.6 is 0 Å². The third-order valence-corrected chi connectivity index (χ3v) is 2.89. The van der Waals surface area contributed by atoms with Crippen LogP contribution in [0.5, 0.6) is 0 Å². The van der Waals surface area contributed by atoms with E-state index in [0.29, 0.717) is 6.61 Å². The maximum Gasteiger partial charge on any atom is 0.320 e. The second kappa shape index (κ2) is 5.32. The van der Waals surface area contributed by atoms with Crippen LogP contribution in [0.15, 0.2) is 0 Å². The molecular formula is C10H19NO3. The van der Waals surface area contributed by atoms with E-state index in [1.165, 1.54) is 6.42 Å². The topological polar surface area (TPSA) is 49.8 Å². The summed E-state index contributed by atoms with van der Waals surface area (Å²) in [6, 6.07) is -0.115. The molecule has 1 saturated heterocycles. The van der Waals surface area contributed by atoms with Crippen molar-refractivity contribution in [3.63, 3.8) is 0 Å². The van der Waals surface area contributed by atoms with Gasteiger partial charge in [0.2, 0.25) is 0 Å². The third-order valence-electron chi connectivity index (χ3n) is 2.89. The van der Waals surface area contributed by atoms with Gasteiger partial charge in [0.1, 0.15) is 6.04 Å². The molecule has 4 nitrogen and oxygen atoms in total. The van der Waals surface area contributed by atoms with Crippen molar-refractivity contribution in [2.75, 3.05) is 20.3 Å². The molecule has 82 valence electrons. The third kappa shape index (κ3) is 2.69. The second-order valence-corrected chi connectivity index (χ2v) is 3.86. The summed E-state index contributed by atoms with van der Waals surface area (Å²) in [6.45, 7) is 3.26. The van der Waals surface area contributed by atoms with Crippen molar-refractivity contribution in [3.05, 3.63) is 0 Å². The first kappa shape index (κ1) is 11.5. The van der Waals surface area contributed by atoms with Gasteiger partial charge in [-0.25, -0.2) is 0 Å². The van der Waals surface area contributed by atoms with Crippen LogP contribution in [0, 0.1) is 0 Å². The monoisotopic (exact) mass is 201 g/mol. The van der Waals surface area contributed by atoms with E-state index in [1.54, 1.807) is 14.0 Å². The number of nitrogens with zero attached hydrogens (tertiary/aromatic N) is 1. The Morgan fingerprint density at radius 1 is 1.64 bits per heavy atom. The van der Waals surface area contributed by atoms with Gasteiger partial charge >= 0.3 is 5.97 Å². The van der Waals surface area contributed by atoms with Gasteiger partial charge in [-0.2, -0.15) is 0 Å². The van der Waals surface area contributed by atoms with Crippen LogP contribution in [0.2, 0.25) is 0 Å². The zero-order chi connectivity index (χ0) is 10.6. The normalized spacial score (nSPS) is 26.0. The number of rotatable bonds is 4. The first-order chi connectivity index (χ1) is 6.66. The van der Waals surface area contributed by atoms with E-state index in [-0.39, 0.29) is 6.04 Å². The molecular weight excluding hydrogens is 182 g/mol. The predicted molar refractivity (Wildman–Crippen MR) is 53.3 cm³/mol. The summed E-state index contributed by atoms with van der Waals surface area (Å²) in [5.41, 5.74) is 0. The van der Waals surface area contributed by atoms with Gasteiger partial charge in [0, 0.05) is 13.2 Å². The molecule has 0 radical (unpaired) electrons. The molecule has 0 aromatic heterocycles. The summed E-state index contributed by atoms with van der Waals surface area (Å²) in [5, 5.41) is 8.94. The molecule has 0 bridgehead atoms. The van der Waals surface area contributed by atoms with Gasteiger partial charge < -0.3 is 9.84 Å². The van der Waals surface area contributed by atoms with Gasteiger partial charge in [0.15, 0.2) is 0 Å². The Kier molecular flexibility index (Phi) is 4.35. The maximum absolute atomic E-state index is 10.9. The second-order valence-electron chi connectivity index (χ2n) is 3.86. The largest absolute Gasteiger partial charge is 0.480 e. The Labute approximate surface area is 84.8 Å². The van der Waals surface area contributed by atoms with Gasteiger partial charge in [-0.3, -0.25) is 9.69 Å². The van der Waals surface area contributed by atoms with E-state index in [0.717, 1.165) is 19.4 Å². The fourth-order valence-electron chi connectivity index (χ4n) is 2.05. The Bertz CT molecular complexity index is 194. The molecule has 2 atom stereocenters. The van der Waals surface area contributed by atoms with Crippen molar-refractivity contribution in [2.45, 2.75) is 38.3 Å². The van der Waals surface area contributed by atoms with Gasteiger partial charge in [0.05, 0.1) is 6.61 Å². The van der Waals surface area contributed by atoms with Gasteiger partial charge in [-0.15, -0.1) is 0 Å². The standard InChI is InChI=1S/C10H19NO3/c1-8(10(12)13)11-6-4-3-5-9(11)7-14-2/h8-9H,3-7H2,1-2H3,(H,12,13). The fraction of sp³-hybridized carbons (Fsp3) is 0.900. The van der Waals surface area contributed by atoms with Crippen molar-refractivity contribution >= 4 is 5.97 Å². The van der Waals surface area contributed by atoms with Crippen LogP contribution in [0.25, 0.3) is 0 Å². The summed E-state index contributed by atoms with van der Waals surface area (Å²) >= 11 is 0.